The predicted molar refractivity (Wildman–Crippen MR) is 71.1 cm³/mol. The smallest absolute Gasteiger partial charge is 0.411 e. The fourth-order valence-electron chi connectivity index (χ4n) is 1.29. The number of alkyl halides is 1. The molecule has 0 saturated carbocycles. The van der Waals surface area contributed by atoms with Gasteiger partial charge in [0.25, 0.3) is 0 Å². The first-order valence-electron chi connectivity index (χ1n) is 5.46. The lowest BCUT2D eigenvalue weighted by Crippen LogP contribution is -2.13. The van der Waals surface area contributed by atoms with Crippen LogP contribution in [-0.2, 0) is 9.53 Å². The molecular weight excluding hydrogens is 256 g/mol. The molecule has 0 radical (unpaired) electrons. The molecule has 5 nitrogen and oxygen atoms in total. The molecule has 0 atom stereocenters. The SMILES string of the molecule is COC(=O)Nc1cccc(NC(=O)CCCCl)c1. The van der Waals surface area contributed by atoms with E-state index in [1.165, 1.54) is 7.11 Å². The molecule has 0 aliphatic carbocycles. The molecule has 0 unspecified atom stereocenters. The van der Waals surface area contributed by atoms with Crippen molar-refractivity contribution < 1.29 is 14.3 Å². The molecule has 0 bridgehead atoms. The molecule has 0 aliphatic rings. The first kappa shape index (κ1) is 14.3. The van der Waals surface area contributed by atoms with Crippen LogP contribution >= 0.6 is 11.6 Å². The monoisotopic (exact) mass is 270 g/mol. The summed E-state index contributed by atoms with van der Waals surface area (Å²) in [7, 11) is 1.28. The molecule has 1 aromatic carbocycles. The number of methoxy groups -OCH3 is 1. The van der Waals surface area contributed by atoms with E-state index in [9.17, 15) is 9.59 Å². The Morgan fingerprint density at radius 3 is 2.56 bits per heavy atom. The maximum atomic E-state index is 11.5. The van der Waals surface area contributed by atoms with E-state index in [-0.39, 0.29) is 5.91 Å². The molecule has 2 N–H and O–H groups in total. The molecule has 0 spiro atoms. The van der Waals surface area contributed by atoms with Gasteiger partial charge in [-0.25, -0.2) is 4.79 Å². The van der Waals surface area contributed by atoms with E-state index >= 15 is 0 Å². The van der Waals surface area contributed by atoms with E-state index < -0.39 is 6.09 Å². The van der Waals surface area contributed by atoms with Gasteiger partial charge in [0.2, 0.25) is 5.91 Å². The minimum atomic E-state index is -0.555. The van der Waals surface area contributed by atoms with Gasteiger partial charge in [-0.1, -0.05) is 6.07 Å². The largest absolute Gasteiger partial charge is 0.453 e. The van der Waals surface area contributed by atoms with Crippen LogP contribution < -0.4 is 10.6 Å². The maximum Gasteiger partial charge on any atom is 0.411 e. The molecule has 1 rings (SSSR count). The fourth-order valence-corrected chi connectivity index (χ4v) is 1.43. The lowest BCUT2D eigenvalue weighted by Gasteiger charge is -2.07. The zero-order chi connectivity index (χ0) is 13.4. The number of carbonyl (C=O) groups is 2. The standard InChI is InChI=1S/C12H15ClN2O3/c1-18-12(17)15-10-5-2-4-9(8-10)14-11(16)6-3-7-13/h2,4-5,8H,3,6-7H2,1H3,(H,14,16)(H,15,17). The van der Waals surface area contributed by atoms with Gasteiger partial charge in [-0.05, 0) is 24.6 Å². The molecule has 0 heterocycles. The van der Waals surface area contributed by atoms with E-state index in [1.54, 1.807) is 24.3 Å². The average molecular weight is 271 g/mol. The summed E-state index contributed by atoms with van der Waals surface area (Å²) in [4.78, 5) is 22.5. The van der Waals surface area contributed by atoms with Crippen molar-refractivity contribution in [3.8, 4) is 0 Å². The Morgan fingerprint density at radius 2 is 1.94 bits per heavy atom. The quantitative estimate of drug-likeness (QED) is 0.809. The zero-order valence-electron chi connectivity index (χ0n) is 10.0. The van der Waals surface area contributed by atoms with Crippen LogP contribution in [0.5, 0.6) is 0 Å². The highest BCUT2D eigenvalue weighted by Gasteiger charge is 2.04. The van der Waals surface area contributed by atoms with Gasteiger partial charge in [0.15, 0.2) is 0 Å². The number of nitrogens with one attached hydrogen (secondary N) is 2. The number of hydrogen-bond donors (Lipinski definition) is 2. The number of ether oxygens (including phenoxy) is 1. The molecule has 98 valence electrons. The second-order valence-electron chi connectivity index (χ2n) is 3.54. The highest BCUT2D eigenvalue weighted by Crippen LogP contribution is 2.15. The number of benzene rings is 1. The van der Waals surface area contributed by atoms with Crippen LogP contribution in [-0.4, -0.2) is 25.0 Å². The van der Waals surface area contributed by atoms with E-state index in [0.29, 0.717) is 30.1 Å². The van der Waals surface area contributed by atoms with Gasteiger partial charge >= 0.3 is 6.09 Å². The lowest BCUT2D eigenvalue weighted by molar-refractivity contribution is -0.116. The maximum absolute atomic E-state index is 11.5. The van der Waals surface area contributed by atoms with Gasteiger partial charge in [-0.3, -0.25) is 10.1 Å². The second-order valence-corrected chi connectivity index (χ2v) is 3.92. The molecule has 6 heteroatoms. The van der Waals surface area contributed by atoms with Crippen LogP contribution in [0.15, 0.2) is 24.3 Å². The molecular formula is C12H15ClN2O3. The van der Waals surface area contributed by atoms with Crippen LogP contribution in [0.3, 0.4) is 0 Å². The molecule has 1 aromatic rings. The first-order chi connectivity index (χ1) is 8.65. The first-order valence-corrected chi connectivity index (χ1v) is 6.00. The average Bonchev–Trinajstić information content (AvgIpc) is 2.36. The van der Waals surface area contributed by atoms with Gasteiger partial charge in [-0.2, -0.15) is 0 Å². The number of amides is 2. The Bertz CT molecular complexity index is 424. The van der Waals surface area contributed by atoms with Gasteiger partial charge < -0.3 is 10.1 Å². The minimum absolute atomic E-state index is 0.106. The van der Waals surface area contributed by atoms with Crippen LogP contribution in [0.25, 0.3) is 0 Å². The third-order valence-electron chi connectivity index (χ3n) is 2.12. The van der Waals surface area contributed by atoms with Gasteiger partial charge in [0, 0.05) is 23.7 Å². The summed E-state index contributed by atoms with van der Waals surface area (Å²) in [6.45, 7) is 0. The van der Waals surface area contributed by atoms with Crippen molar-refractivity contribution in [1.29, 1.82) is 0 Å². The van der Waals surface area contributed by atoms with Crippen molar-refractivity contribution >= 4 is 35.0 Å². The van der Waals surface area contributed by atoms with Crippen molar-refractivity contribution in [2.24, 2.45) is 0 Å². The Balaban J connectivity index is 2.59. The summed E-state index contributed by atoms with van der Waals surface area (Å²) >= 11 is 5.51. The fraction of sp³-hybridized carbons (Fsp3) is 0.333. The minimum Gasteiger partial charge on any atom is -0.453 e. The second kappa shape index (κ2) is 7.55. The summed E-state index contributed by atoms with van der Waals surface area (Å²) < 4.78 is 4.48. The number of carbonyl (C=O) groups excluding carboxylic acids is 2. The summed E-state index contributed by atoms with van der Waals surface area (Å²) in [6.07, 6.45) is 0.451. The van der Waals surface area contributed by atoms with E-state index in [4.69, 9.17) is 11.6 Å². The zero-order valence-corrected chi connectivity index (χ0v) is 10.8. The summed E-state index contributed by atoms with van der Waals surface area (Å²) in [5, 5.41) is 5.23. The lowest BCUT2D eigenvalue weighted by atomic mass is 10.2. The predicted octanol–water partition coefficient (Wildman–Crippen LogP) is 2.82. The van der Waals surface area contributed by atoms with E-state index in [2.05, 4.69) is 15.4 Å². The third kappa shape index (κ3) is 5.05. The Labute approximate surface area is 110 Å². The normalized spacial score (nSPS) is 9.67. The molecule has 2 amide bonds. The van der Waals surface area contributed by atoms with Crippen LogP contribution in [0.1, 0.15) is 12.8 Å². The number of rotatable bonds is 5. The molecule has 0 saturated heterocycles. The summed E-state index contributed by atoms with van der Waals surface area (Å²) in [5.41, 5.74) is 1.17. The highest BCUT2D eigenvalue weighted by molar-refractivity contribution is 6.18. The van der Waals surface area contributed by atoms with Crippen molar-refractivity contribution in [1.82, 2.24) is 0 Å². The van der Waals surface area contributed by atoms with Crippen molar-refractivity contribution in [3.63, 3.8) is 0 Å². The molecule has 0 aromatic heterocycles. The van der Waals surface area contributed by atoms with Crippen LogP contribution in [0, 0.1) is 0 Å². The van der Waals surface area contributed by atoms with Gasteiger partial charge in [-0.15, -0.1) is 11.6 Å². The topological polar surface area (TPSA) is 67.4 Å². The van der Waals surface area contributed by atoms with Crippen molar-refractivity contribution in [2.75, 3.05) is 23.6 Å². The van der Waals surface area contributed by atoms with Gasteiger partial charge in [0.1, 0.15) is 0 Å². The Morgan fingerprint density at radius 1 is 1.28 bits per heavy atom. The van der Waals surface area contributed by atoms with Gasteiger partial charge in [0.05, 0.1) is 7.11 Å². The summed E-state index contributed by atoms with van der Waals surface area (Å²) in [6, 6.07) is 6.81. The molecule has 0 aliphatic heterocycles. The molecule has 0 fully saturated rings. The number of anilines is 2. The highest BCUT2D eigenvalue weighted by atomic mass is 35.5. The summed E-state index contributed by atoms with van der Waals surface area (Å²) in [5.74, 6) is 0.350. The van der Waals surface area contributed by atoms with Crippen LogP contribution in [0.4, 0.5) is 16.2 Å². The number of halogens is 1. The van der Waals surface area contributed by atoms with E-state index in [1.807, 2.05) is 0 Å². The Hall–Kier alpha value is -1.75. The van der Waals surface area contributed by atoms with Crippen molar-refractivity contribution in [3.05, 3.63) is 24.3 Å². The Kier molecular flexibility index (Phi) is 6.00. The molecule has 18 heavy (non-hydrogen) atoms. The van der Waals surface area contributed by atoms with Crippen molar-refractivity contribution in [2.45, 2.75) is 12.8 Å². The van der Waals surface area contributed by atoms with Crippen LogP contribution in [0.2, 0.25) is 0 Å². The third-order valence-corrected chi connectivity index (χ3v) is 2.38. The number of hydrogen-bond acceptors (Lipinski definition) is 3. The van der Waals surface area contributed by atoms with E-state index in [0.717, 1.165) is 0 Å².